The molecule has 0 aliphatic heterocycles. The summed E-state index contributed by atoms with van der Waals surface area (Å²) in [6.07, 6.45) is 0.466. The summed E-state index contributed by atoms with van der Waals surface area (Å²) < 4.78 is 29.3. The molecule has 0 bridgehead atoms. The van der Waals surface area contributed by atoms with E-state index in [1.807, 2.05) is 0 Å². The van der Waals surface area contributed by atoms with Crippen molar-refractivity contribution in [2.24, 2.45) is 0 Å². The molecule has 0 atom stereocenters. The van der Waals surface area contributed by atoms with E-state index >= 15 is 0 Å². The molecular formula is C18H19NO5S. The van der Waals surface area contributed by atoms with Gasteiger partial charge in [0, 0.05) is 5.69 Å². The molecule has 7 heteroatoms. The molecule has 0 aliphatic rings. The maximum atomic E-state index is 12.5. The molecule has 1 amide bonds. The van der Waals surface area contributed by atoms with Crippen LogP contribution in [0.1, 0.15) is 34.1 Å². The average Bonchev–Trinajstić information content (AvgIpc) is 2.61. The van der Waals surface area contributed by atoms with Gasteiger partial charge in [-0.1, -0.05) is 19.1 Å². The SMILES string of the molecule is CCCS(=O)(=O)c1ccccc1C(=O)Nc1ccc(C(=O)OC)cc1. The predicted molar refractivity (Wildman–Crippen MR) is 94.5 cm³/mol. The Bertz CT molecular complexity index is 873. The van der Waals surface area contributed by atoms with E-state index in [4.69, 9.17) is 0 Å². The molecule has 2 aromatic rings. The molecule has 132 valence electrons. The number of rotatable bonds is 6. The second kappa shape index (κ2) is 7.94. The Balaban J connectivity index is 2.26. The normalized spacial score (nSPS) is 11.0. The number of esters is 1. The summed E-state index contributed by atoms with van der Waals surface area (Å²) in [6, 6.07) is 12.2. The van der Waals surface area contributed by atoms with Gasteiger partial charge in [-0.3, -0.25) is 4.79 Å². The minimum atomic E-state index is -3.52. The Labute approximate surface area is 146 Å². The van der Waals surface area contributed by atoms with Gasteiger partial charge in [-0.15, -0.1) is 0 Å². The van der Waals surface area contributed by atoms with Gasteiger partial charge in [-0.2, -0.15) is 0 Å². The fourth-order valence-electron chi connectivity index (χ4n) is 2.31. The second-order valence-electron chi connectivity index (χ2n) is 5.34. The summed E-state index contributed by atoms with van der Waals surface area (Å²) in [4.78, 5) is 23.9. The van der Waals surface area contributed by atoms with Crippen LogP contribution >= 0.6 is 0 Å². The third kappa shape index (κ3) is 4.45. The van der Waals surface area contributed by atoms with E-state index < -0.39 is 21.7 Å². The molecule has 0 unspecified atom stereocenters. The van der Waals surface area contributed by atoms with Crippen LogP contribution in [0, 0.1) is 0 Å². The van der Waals surface area contributed by atoms with Gasteiger partial charge in [0.25, 0.3) is 5.91 Å². The van der Waals surface area contributed by atoms with Crippen molar-refractivity contribution < 1.29 is 22.7 Å². The molecule has 2 rings (SSSR count). The molecular weight excluding hydrogens is 342 g/mol. The topological polar surface area (TPSA) is 89.5 Å². The van der Waals surface area contributed by atoms with E-state index in [-0.39, 0.29) is 16.2 Å². The summed E-state index contributed by atoms with van der Waals surface area (Å²) in [6.45, 7) is 1.77. The molecule has 0 saturated heterocycles. The molecule has 0 fully saturated rings. The number of nitrogens with one attached hydrogen (secondary N) is 1. The first kappa shape index (κ1) is 18.7. The third-order valence-electron chi connectivity index (χ3n) is 3.50. The summed E-state index contributed by atoms with van der Waals surface area (Å²) >= 11 is 0. The lowest BCUT2D eigenvalue weighted by Crippen LogP contribution is -2.17. The van der Waals surface area contributed by atoms with Crippen LogP contribution < -0.4 is 5.32 Å². The summed E-state index contributed by atoms with van der Waals surface area (Å²) in [5.74, 6) is -1.03. The van der Waals surface area contributed by atoms with Gasteiger partial charge >= 0.3 is 5.97 Å². The lowest BCUT2D eigenvalue weighted by Gasteiger charge is -2.11. The van der Waals surface area contributed by atoms with Gasteiger partial charge in [-0.05, 0) is 42.8 Å². The summed E-state index contributed by atoms with van der Waals surface area (Å²) in [7, 11) is -2.24. The molecule has 0 aliphatic carbocycles. The maximum absolute atomic E-state index is 12.5. The highest BCUT2D eigenvalue weighted by atomic mass is 32.2. The van der Waals surface area contributed by atoms with Crippen LogP contribution in [0.3, 0.4) is 0 Å². The van der Waals surface area contributed by atoms with E-state index in [1.165, 1.54) is 31.4 Å². The Hall–Kier alpha value is -2.67. The molecule has 0 saturated carbocycles. The Morgan fingerprint density at radius 3 is 2.28 bits per heavy atom. The van der Waals surface area contributed by atoms with E-state index in [9.17, 15) is 18.0 Å². The molecule has 1 N–H and O–H groups in total. The maximum Gasteiger partial charge on any atom is 0.337 e. The highest BCUT2D eigenvalue weighted by Gasteiger charge is 2.21. The van der Waals surface area contributed by atoms with E-state index in [0.29, 0.717) is 17.7 Å². The van der Waals surface area contributed by atoms with Gasteiger partial charge < -0.3 is 10.1 Å². The van der Waals surface area contributed by atoms with Crippen LogP contribution in [0.25, 0.3) is 0 Å². The third-order valence-corrected chi connectivity index (χ3v) is 5.48. The number of benzene rings is 2. The zero-order valence-electron chi connectivity index (χ0n) is 14.0. The van der Waals surface area contributed by atoms with Gasteiger partial charge in [0.1, 0.15) is 0 Å². The van der Waals surface area contributed by atoms with Crippen molar-refractivity contribution in [1.82, 2.24) is 0 Å². The lowest BCUT2D eigenvalue weighted by atomic mass is 10.2. The highest BCUT2D eigenvalue weighted by Crippen LogP contribution is 2.20. The first-order valence-corrected chi connectivity index (χ1v) is 9.35. The van der Waals surface area contributed by atoms with Crippen LogP contribution in [0.2, 0.25) is 0 Å². The highest BCUT2D eigenvalue weighted by molar-refractivity contribution is 7.91. The zero-order chi connectivity index (χ0) is 18.4. The number of sulfone groups is 1. The number of amides is 1. The number of hydrogen-bond acceptors (Lipinski definition) is 5. The zero-order valence-corrected chi connectivity index (χ0v) is 14.8. The molecule has 6 nitrogen and oxygen atoms in total. The number of carbonyl (C=O) groups excluding carboxylic acids is 2. The number of methoxy groups -OCH3 is 1. The predicted octanol–water partition coefficient (Wildman–Crippen LogP) is 2.91. The lowest BCUT2D eigenvalue weighted by molar-refractivity contribution is 0.0600. The van der Waals surface area contributed by atoms with Crippen LogP contribution in [0.15, 0.2) is 53.4 Å². The number of hydrogen-bond donors (Lipinski definition) is 1. The Morgan fingerprint density at radius 2 is 1.68 bits per heavy atom. The van der Waals surface area contributed by atoms with Crippen molar-refractivity contribution in [3.63, 3.8) is 0 Å². The number of carbonyl (C=O) groups is 2. The smallest absolute Gasteiger partial charge is 0.337 e. The molecule has 0 aromatic heterocycles. The number of ether oxygens (including phenoxy) is 1. The van der Waals surface area contributed by atoms with Crippen LogP contribution in [0.5, 0.6) is 0 Å². The molecule has 2 aromatic carbocycles. The van der Waals surface area contributed by atoms with Gasteiger partial charge in [0.15, 0.2) is 9.84 Å². The molecule has 0 radical (unpaired) electrons. The van der Waals surface area contributed by atoms with Crippen molar-refractivity contribution >= 4 is 27.4 Å². The first-order valence-electron chi connectivity index (χ1n) is 7.70. The monoisotopic (exact) mass is 361 g/mol. The van der Waals surface area contributed by atoms with Crippen molar-refractivity contribution in [1.29, 1.82) is 0 Å². The fourth-order valence-corrected chi connectivity index (χ4v) is 3.85. The molecule has 0 spiro atoms. The second-order valence-corrected chi connectivity index (χ2v) is 7.42. The Kier molecular flexibility index (Phi) is 5.93. The van der Waals surface area contributed by atoms with E-state index in [2.05, 4.69) is 10.1 Å². The summed E-state index contributed by atoms with van der Waals surface area (Å²) in [5, 5.41) is 2.64. The minimum absolute atomic E-state index is 0.0144. The van der Waals surface area contributed by atoms with Gasteiger partial charge in [0.05, 0.1) is 28.9 Å². The van der Waals surface area contributed by atoms with Crippen LogP contribution in [0.4, 0.5) is 5.69 Å². The average molecular weight is 361 g/mol. The molecule has 25 heavy (non-hydrogen) atoms. The Morgan fingerprint density at radius 1 is 1.04 bits per heavy atom. The van der Waals surface area contributed by atoms with Crippen molar-refractivity contribution in [2.45, 2.75) is 18.2 Å². The standard InChI is InChI=1S/C18H19NO5S/c1-3-12-25(22,23)16-7-5-4-6-15(16)17(20)19-14-10-8-13(9-11-14)18(21)24-2/h4-11H,3,12H2,1-2H3,(H,19,20). The quantitative estimate of drug-likeness (QED) is 0.799. The van der Waals surface area contributed by atoms with Crippen LogP contribution in [-0.4, -0.2) is 33.2 Å². The van der Waals surface area contributed by atoms with Gasteiger partial charge in [0.2, 0.25) is 0 Å². The molecule has 0 heterocycles. The fraction of sp³-hybridized carbons (Fsp3) is 0.222. The minimum Gasteiger partial charge on any atom is -0.465 e. The van der Waals surface area contributed by atoms with Crippen molar-refractivity contribution in [3.8, 4) is 0 Å². The van der Waals surface area contributed by atoms with Crippen molar-refractivity contribution in [3.05, 3.63) is 59.7 Å². The number of anilines is 1. The van der Waals surface area contributed by atoms with E-state index in [1.54, 1.807) is 31.2 Å². The van der Waals surface area contributed by atoms with E-state index in [0.717, 1.165) is 0 Å². The largest absolute Gasteiger partial charge is 0.465 e. The van der Waals surface area contributed by atoms with Gasteiger partial charge in [-0.25, -0.2) is 13.2 Å². The first-order chi connectivity index (χ1) is 11.9. The summed E-state index contributed by atoms with van der Waals surface area (Å²) in [5.41, 5.74) is 0.889. The van der Waals surface area contributed by atoms with Crippen LogP contribution in [-0.2, 0) is 14.6 Å². The van der Waals surface area contributed by atoms with Crippen molar-refractivity contribution in [2.75, 3.05) is 18.2 Å².